The summed E-state index contributed by atoms with van der Waals surface area (Å²) in [6, 6.07) is 16.5. The summed E-state index contributed by atoms with van der Waals surface area (Å²) in [6.07, 6.45) is 5.47. The van der Waals surface area contributed by atoms with Crippen LogP contribution in [0.2, 0.25) is 0 Å². The van der Waals surface area contributed by atoms with Crippen LogP contribution in [0.5, 0.6) is 11.5 Å². The Bertz CT molecular complexity index is 930. The second kappa shape index (κ2) is 8.07. The first-order valence-corrected chi connectivity index (χ1v) is 9.88. The van der Waals surface area contributed by atoms with Gasteiger partial charge in [-0.1, -0.05) is 24.3 Å². The van der Waals surface area contributed by atoms with Gasteiger partial charge in [0.25, 0.3) is 0 Å². The number of rotatable bonds is 4. The number of ether oxygens (including phenoxy) is 2. The van der Waals surface area contributed by atoms with Crippen molar-refractivity contribution in [2.45, 2.75) is 25.3 Å². The number of nitrogens with one attached hydrogen (secondary N) is 2. The molecule has 1 aliphatic heterocycles. The predicted molar refractivity (Wildman–Crippen MR) is 116 cm³/mol. The lowest BCUT2D eigenvalue weighted by Crippen LogP contribution is -2.45. The molecule has 0 spiro atoms. The van der Waals surface area contributed by atoms with Crippen LogP contribution in [0.3, 0.4) is 0 Å². The first-order valence-electron chi connectivity index (χ1n) is 9.47. The average molecular weight is 393 g/mol. The third-order valence-electron chi connectivity index (χ3n) is 5.30. The molecule has 1 atom stereocenters. The van der Waals surface area contributed by atoms with Gasteiger partial charge in [0.05, 0.1) is 20.3 Å². The highest BCUT2D eigenvalue weighted by Gasteiger charge is 2.30. The van der Waals surface area contributed by atoms with Crippen molar-refractivity contribution in [3.8, 4) is 11.5 Å². The molecule has 2 aliphatic rings. The van der Waals surface area contributed by atoms with E-state index in [0.29, 0.717) is 5.11 Å². The maximum atomic E-state index is 5.53. The Labute approximate surface area is 171 Å². The molecule has 4 nitrogen and oxygen atoms in total. The van der Waals surface area contributed by atoms with Gasteiger partial charge in [0, 0.05) is 5.70 Å². The molecule has 2 N–H and O–H groups in total. The van der Waals surface area contributed by atoms with Gasteiger partial charge in [-0.15, -0.1) is 0 Å². The molecule has 0 bridgehead atoms. The van der Waals surface area contributed by atoms with Crippen LogP contribution in [-0.4, -0.2) is 19.3 Å². The van der Waals surface area contributed by atoms with Crippen molar-refractivity contribution in [3.05, 3.63) is 76.5 Å². The first-order chi connectivity index (χ1) is 13.7. The molecular weight excluding hydrogens is 368 g/mol. The van der Waals surface area contributed by atoms with E-state index in [1.807, 2.05) is 24.3 Å². The van der Waals surface area contributed by atoms with Crippen molar-refractivity contribution in [2.75, 3.05) is 14.2 Å². The molecule has 2 aromatic rings. The second-order valence-electron chi connectivity index (χ2n) is 7.00. The molecule has 28 heavy (non-hydrogen) atoms. The van der Waals surface area contributed by atoms with E-state index < -0.39 is 0 Å². The average Bonchev–Trinajstić information content (AvgIpc) is 2.74. The van der Waals surface area contributed by atoms with Crippen molar-refractivity contribution < 1.29 is 9.47 Å². The molecule has 1 aliphatic carbocycles. The summed E-state index contributed by atoms with van der Waals surface area (Å²) < 4.78 is 10.6. The topological polar surface area (TPSA) is 42.5 Å². The zero-order chi connectivity index (χ0) is 19.5. The summed E-state index contributed by atoms with van der Waals surface area (Å²) in [6.45, 7) is 0. The molecule has 0 amide bonds. The van der Waals surface area contributed by atoms with E-state index in [9.17, 15) is 0 Å². The maximum Gasteiger partial charge on any atom is 0.171 e. The predicted octanol–water partition coefficient (Wildman–Crippen LogP) is 4.74. The monoisotopic (exact) mass is 392 g/mol. The fourth-order valence-electron chi connectivity index (χ4n) is 3.87. The molecule has 1 heterocycles. The second-order valence-corrected chi connectivity index (χ2v) is 7.41. The minimum Gasteiger partial charge on any atom is -0.497 e. The van der Waals surface area contributed by atoms with Crippen LogP contribution in [0.15, 0.2) is 65.4 Å². The smallest absolute Gasteiger partial charge is 0.171 e. The van der Waals surface area contributed by atoms with Crippen molar-refractivity contribution in [2.24, 2.45) is 0 Å². The quantitative estimate of drug-likeness (QED) is 0.736. The normalized spacial score (nSPS) is 20.3. The molecule has 5 heteroatoms. The van der Waals surface area contributed by atoms with Crippen molar-refractivity contribution in [3.63, 3.8) is 0 Å². The first kappa shape index (κ1) is 18.6. The Kier molecular flexibility index (Phi) is 5.35. The highest BCUT2D eigenvalue weighted by Crippen LogP contribution is 2.39. The van der Waals surface area contributed by atoms with Crippen LogP contribution in [0, 0.1) is 0 Å². The lowest BCUT2D eigenvalue weighted by atomic mass is 9.83. The lowest BCUT2D eigenvalue weighted by molar-refractivity contribution is 0.414. The van der Waals surface area contributed by atoms with E-state index in [4.69, 9.17) is 21.7 Å². The van der Waals surface area contributed by atoms with Crippen molar-refractivity contribution in [1.82, 2.24) is 10.6 Å². The Balaban J connectivity index is 1.70. The van der Waals surface area contributed by atoms with Gasteiger partial charge < -0.3 is 20.1 Å². The van der Waals surface area contributed by atoms with E-state index in [1.54, 1.807) is 14.2 Å². The Morgan fingerprint density at radius 3 is 2.21 bits per heavy atom. The fourth-order valence-corrected chi connectivity index (χ4v) is 4.09. The summed E-state index contributed by atoms with van der Waals surface area (Å²) in [5.74, 6) is 1.73. The Morgan fingerprint density at radius 2 is 1.57 bits per heavy atom. The van der Waals surface area contributed by atoms with Crippen molar-refractivity contribution in [1.29, 1.82) is 0 Å². The van der Waals surface area contributed by atoms with Crippen LogP contribution in [0.4, 0.5) is 0 Å². The summed E-state index contributed by atoms with van der Waals surface area (Å²) in [4.78, 5) is 0. The summed E-state index contributed by atoms with van der Waals surface area (Å²) in [7, 11) is 3.37. The van der Waals surface area contributed by atoms with Gasteiger partial charge in [0.2, 0.25) is 0 Å². The molecule has 0 aromatic heterocycles. The molecule has 0 saturated heterocycles. The number of allylic oxidation sites excluding steroid dienone is 1. The summed E-state index contributed by atoms with van der Waals surface area (Å²) in [5, 5.41) is 7.53. The third-order valence-corrected chi connectivity index (χ3v) is 5.52. The van der Waals surface area contributed by atoms with Gasteiger partial charge in [0.15, 0.2) is 5.11 Å². The standard InChI is InChI=1S/C23H24N2O2S/c1-26-18-10-6-15(7-11-18)14-17-4-3-5-20-21(24-23(28)25-22(17)20)16-8-12-19(27-2)13-9-16/h6-14,21H,3-5H2,1-2H3,(H2,24,25,28)/b17-14-/t21-/m0/s1. The van der Waals surface area contributed by atoms with E-state index in [1.165, 1.54) is 22.4 Å². The van der Waals surface area contributed by atoms with Crippen molar-refractivity contribution >= 4 is 23.4 Å². The Hall–Kier alpha value is -2.79. The molecule has 2 aromatic carbocycles. The molecule has 144 valence electrons. The number of methoxy groups -OCH3 is 2. The van der Waals surface area contributed by atoms with Gasteiger partial charge in [-0.3, -0.25) is 0 Å². The van der Waals surface area contributed by atoms with Gasteiger partial charge >= 0.3 is 0 Å². The van der Waals surface area contributed by atoms with Gasteiger partial charge in [0.1, 0.15) is 11.5 Å². The van der Waals surface area contributed by atoms with Crippen LogP contribution in [0.1, 0.15) is 36.4 Å². The highest BCUT2D eigenvalue weighted by molar-refractivity contribution is 7.80. The highest BCUT2D eigenvalue weighted by atomic mass is 32.1. The molecule has 0 saturated carbocycles. The fraction of sp³-hybridized carbons (Fsp3) is 0.261. The van der Waals surface area contributed by atoms with Crippen LogP contribution < -0.4 is 20.1 Å². The SMILES string of the molecule is COc1ccc(/C=C2/CCCC3=C2NC(=S)N[C@H]3c2ccc(OC)cc2)cc1. The minimum absolute atomic E-state index is 0.0919. The van der Waals surface area contributed by atoms with Gasteiger partial charge in [-0.05, 0) is 84.1 Å². The summed E-state index contributed by atoms with van der Waals surface area (Å²) in [5.41, 5.74) is 6.20. The van der Waals surface area contributed by atoms with E-state index >= 15 is 0 Å². The third kappa shape index (κ3) is 3.76. The van der Waals surface area contributed by atoms with E-state index in [2.05, 4.69) is 41.0 Å². The van der Waals surface area contributed by atoms with Gasteiger partial charge in [-0.2, -0.15) is 0 Å². The van der Waals surface area contributed by atoms with Gasteiger partial charge in [-0.25, -0.2) is 0 Å². The zero-order valence-electron chi connectivity index (χ0n) is 16.1. The van der Waals surface area contributed by atoms with Crippen LogP contribution >= 0.6 is 12.2 Å². The maximum absolute atomic E-state index is 5.53. The number of benzene rings is 2. The minimum atomic E-state index is 0.0919. The number of thiocarbonyl (C=S) groups is 1. The summed E-state index contributed by atoms with van der Waals surface area (Å²) >= 11 is 5.53. The van der Waals surface area contributed by atoms with Crippen LogP contribution in [-0.2, 0) is 0 Å². The zero-order valence-corrected chi connectivity index (χ0v) is 16.9. The lowest BCUT2D eigenvalue weighted by Gasteiger charge is -2.36. The molecule has 0 unspecified atom stereocenters. The molecule has 4 rings (SSSR count). The largest absolute Gasteiger partial charge is 0.497 e. The molecule has 0 radical (unpaired) electrons. The number of hydrogen-bond acceptors (Lipinski definition) is 3. The number of hydrogen-bond donors (Lipinski definition) is 2. The molecule has 0 fully saturated rings. The van der Waals surface area contributed by atoms with E-state index in [0.717, 1.165) is 36.3 Å². The van der Waals surface area contributed by atoms with E-state index in [-0.39, 0.29) is 6.04 Å². The Morgan fingerprint density at radius 1 is 0.929 bits per heavy atom. The van der Waals surface area contributed by atoms with Crippen LogP contribution in [0.25, 0.3) is 6.08 Å². The molecular formula is C23H24N2O2S.